The summed E-state index contributed by atoms with van der Waals surface area (Å²) in [6, 6.07) is 9.89. The number of aryl methyl sites for hydroxylation is 1. The van der Waals surface area contributed by atoms with E-state index in [1.807, 2.05) is 18.2 Å². The number of nitrogens with zero attached hydrogens (tertiary/aromatic N) is 1. The standard InChI is InChI=1S/C15H15N3O4S/c19-15-18-13-7-6-12(10-14(13)22-15)23(20,21)17-9-3-5-11-4-1-2-8-16-11/h1-2,4,6-8,10,17H,3,5,9H2,(H,18,19). The molecule has 0 fully saturated rings. The number of aromatic nitrogens is 2. The van der Waals surface area contributed by atoms with Crippen molar-refractivity contribution in [2.75, 3.05) is 6.54 Å². The third-order valence-corrected chi connectivity index (χ3v) is 4.79. The van der Waals surface area contributed by atoms with E-state index < -0.39 is 15.8 Å². The first-order valence-electron chi connectivity index (χ1n) is 7.07. The lowest BCUT2D eigenvalue weighted by molar-refractivity contribution is 0.553. The summed E-state index contributed by atoms with van der Waals surface area (Å²) in [5, 5.41) is 0. The van der Waals surface area contributed by atoms with Gasteiger partial charge in [-0.05, 0) is 37.1 Å². The van der Waals surface area contributed by atoms with Crippen molar-refractivity contribution in [2.24, 2.45) is 0 Å². The van der Waals surface area contributed by atoms with Gasteiger partial charge in [0, 0.05) is 24.5 Å². The van der Waals surface area contributed by atoms with Gasteiger partial charge in [-0.15, -0.1) is 0 Å². The molecule has 7 nitrogen and oxygen atoms in total. The molecule has 2 N–H and O–H groups in total. The molecule has 2 aromatic heterocycles. The van der Waals surface area contributed by atoms with Crippen LogP contribution >= 0.6 is 0 Å². The van der Waals surface area contributed by atoms with Gasteiger partial charge in [-0.1, -0.05) is 6.07 Å². The lowest BCUT2D eigenvalue weighted by Gasteiger charge is -2.06. The Balaban J connectivity index is 1.64. The quantitative estimate of drug-likeness (QED) is 0.664. The van der Waals surface area contributed by atoms with Crippen molar-refractivity contribution in [3.8, 4) is 0 Å². The Kier molecular flexibility index (Phi) is 4.26. The molecule has 0 aliphatic heterocycles. The maximum Gasteiger partial charge on any atom is 0.417 e. The van der Waals surface area contributed by atoms with Gasteiger partial charge in [0.1, 0.15) is 0 Å². The molecule has 3 rings (SSSR count). The van der Waals surface area contributed by atoms with Crippen molar-refractivity contribution in [3.63, 3.8) is 0 Å². The van der Waals surface area contributed by atoms with E-state index in [0.717, 1.165) is 5.69 Å². The lowest BCUT2D eigenvalue weighted by atomic mass is 10.2. The van der Waals surface area contributed by atoms with Gasteiger partial charge in [-0.2, -0.15) is 0 Å². The minimum atomic E-state index is -3.64. The number of aromatic amines is 1. The molecule has 0 bridgehead atoms. The average Bonchev–Trinajstić information content (AvgIpc) is 2.92. The van der Waals surface area contributed by atoms with Crippen LogP contribution in [-0.4, -0.2) is 24.9 Å². The molecule has 2 heterocycles. The number of H-pyrrole nitrogens is 1. The molecule has 0 unspecified atom stereocenters. The molecular formula is C15H15N3O4S. The largest absolute Gasteiger partial charge is 0.417 e. The molecule has 0 radical (unpaired) electrons. The van der Waals surface area contributed by atoms with Gasteiger partial charge in [-0.3, -0.25) is 9.97 Å². The highest BCUT2D eigenvalue weighted by Gasteiger charge is 2.15. The predicted octanol–water partition coefficient (Wildman–Crippen LogP) is 1.43. The maximum absolute atomic E-state index is 12.2. The third-order valence-electron chi connectivity index (χ3n) is 3.33. The SMILES string of the molecule is O=c1[nH]c2ccc(S(=O)(=O)NCCCc3ccccn3)cc2o1. The molecule has 1 aromatic carbocycles. The Bertz CT molecular complexity index is 961. The molecule has 8 heteroatoms. The highest BCUT2D eigenvalue weighted by atomic mass is 32.2. The summed E-state index contributed by atoms with van der Waals surface area (Å²) in [7, 11) is -3.64. The molecular weight excluding hydrogens is 318 g/mol. The van der Waals surface area contributed by atoms with E-state index in [2.05, 4.69) is 14.7 Å². The van der Waals surface area contributed by atoms with E-state index in [-0.39, 0.29) is 10.5 Å². The highest BCUT2D eigenvalue weighted by molar-refractivity contribution is 7.89. The Labute approximate surface area is 132 Å². The van der Waals surface area contributed by atoms with Crippen molar-refractivity contribution in [2.45, 2.75) is 17.7 Å². The normalized spacial score (nSPS) is 11.8. The van der Waals surface area contributed by atoms with Crippen molar-refractivity contribution in [3.05, 3.63) is 58.8 Å². The fourth-order valence-corrected chi connectivity index (χ4v) is 3.29. The second-order valence-electron chi connectivity index (χ2n) is 4.99. The van der Waals surface area contributed by atoms with Gasteiger partial charge in [0.2, 0.25) is 10.0 Å². The molecule has 0 saturated carbocycles. The van der Waals surface area contributed by atoms with E-state index in [1.165, 1.54) is 18.2 Å². The minimum Gasteiger partial charge on any atom is -0.408 e. The zero-order chi connectivity index (χ0) is 16.3. The summed E-state index contributed by atoms with van der Waals surface area (Å²) >= 11 is 0. The summed E-state index contributed by atoms with van der Waals surface area (Å²) < 4.78 is 31.9. The molecule has 3 aromatic rings. The van der Waals surface area contributed by atoms with Crippen LogP contribution in [0, 0.1) is 0 Å². The second kappa shape index (κ2) is 6.35. The Morgan fingerprint density at radius 1 is 1.22 bits per heavy atom. The van der Waals surface area contributed by atoms with Gasteiger partial charge < -0.3 is 4.42 Å². The summed E-state index contributed by atoms with van der Waals surface area (Å²) in [6.07, 6.45) is 3.03. The first-order chi connectivity index (χ1) is 11.0. The predicted molar refractivity (Wildman–Crippen MR) is 84.6 cm³/mol. The van der Waals surface area contributed by atoms with E-state index >= 15 is 0 Å². The summed E-state index contributed by atoms with van der Waals surface area (Å²) in [5.74, 6) is -0.613. The van der Waals surface area contributed by atoms with Gasteiger partial charge in [0.25, 0.3) is 0 Å². The first-order valence-corrected chi connectivity index (χ1v) is 8.55. The van der Waals surface area contributed by atoms with Gasteiger partial charge in [-0.25, -0.2) is 17.9 Å². The van der Waals surface area contributed by atoms with Crippen LogP contribution in [0.1, 0.15) is 12.1 Å². The summed E-state index contributed by atoms with van der Waals surface area (Å²) in [5.41, 5.74) is 1.60. The molecule has 0 aliphatic rings. The molecule has 0 atom stereocenters. The van der Waals surface area contributed by atoms with Crippen molar-refractivity contribution < 1.29 is 12.8 Å². The van der Waals surface area contributed by atoms with E-state index in [1.54, 1.807) is 6.20 Å². The smallest absolute Gasteiger partial charge is 0.408 e. The Morgan fingerprint density at radius 2 is 2.09 bits per heavy atom. The summed E-state index contributed by atoms with van der Waals surface area (Å²) in [6.45, 7) is 0.300. The fraction of sp³-hybridized carbons (Fsp3) is 0.200. The Hall–Kier alpha value is -2.45. The van der Waals surface area contributed by atoms with Gasteiger partial charge in [0.15, 0.2) is 5.58 Å². The number of nitrogens with one attached hydrogen (secondary N) is 2. The average molecular weight is 333 g/mol. The first kappa shape index (κ1) is 15.4. The lowest BCUT2D eigenvalue weighted by Crippen LogP contribution is -2.25. The topological polar surface area (TPSA) is 105 Å². The number of benzene rings is 1. The van der Waals surface area contributed by atoms with Crippen LogP contribution in [0.3, 0.4) is 0 Å². The van der Waals surface area contributed by atoms with Crippen LogP contribution in [0.25, 0.3) is 11.1 Å². The minimum absolute atomic E-state index is 0.0607. The summed E-state index contributed by atoms with van der Waals surface area (Å²) in [4.78, 5) is 17.8. The number of sulfonamides is 1. The monoisotopic (exact) mass is 333 g/mol. The van der Waals surface area contributed by atoms with Gasteiger partial charge in [0.05, 0.1) is 10.4 Å². The molecule has 23 heavy (non-hydrogen) atoms. The van der Waals surface area contributed by atoms with E-state index in [0.29, 0.717) is 24.9 Å². The third kappa shape index (κ3) is 3.66. The van der Waals surface area contributed by atoms with Crippen molar-refractivity contribution >= 4 is 21.1 Å². The number of oxazole rings is 1. The van der Waals surface area contributed by atoms with Crippen LogP contribution in [0.15, 0.2) is 56.7 Å². The number of pyridine rings is 1. The fourth-order valence-electron chi connectivity index (χ4n) is 2.20. The zero-order valence-corrected chi connectivity index (χ0v) is 13.0. The van der Waals surface area contributed by atoms with Crippen molar-refractivity contribution in [1.82, 2.24) is 14.7 Å². The maximum atomic E-state index is 12.2. The molecule has 0 spiro atoms. The number of hydrogen-bond acceptors (Lipinski definition) is 5. The number of hydrogen-bond donors (Lipinski definition) is 2. The molecule has 0 amide bonds. The number of fused-ring (bicyclic) bond motifs is 1. The second-order valence-corrected chi connectivity index (χ2v) is 6.76. The van der Waals surface area contributed by atoms with Crippen molar-refractivity contribution in [1.29, 1.82) is 0 Å². The van der Waals surface area contributed by atoms with Crippen LogP contribution in [0.4, 0.5) is 0 Å². The van der Waals surface area contributed by atoms with E-state index in [4.69, 9.17) is 4.42 Å². The molecule has 0 aliphatic carbocycles. The molecule has 0 saturated heterocycles. The zero-order valence-electron chi connectivity index (χ0n) is 12.2. The number of rotatable bonds is 6. The molecule has 120 valence electrons. The van der Waals surface area contributed by atoms with Crippen LogP contribution < -0.4 is 10.5 Å². The van der Waals surface area contributed by atoms with Crippen LogP contribution in [0.2, 0.25) is 0 Å². The highest BCUT2D eigenvalue weighted by Crippen LogP contribution is 2.16. The van der Waals surface area contributed by atoms with Crippen LogP contribution in [-0.2, 0) is 16.4 Å². The van der Waals surface area contributed by atoms with Gasteiger partial charge >= 0.3 is 5.76 Å². The van der Waals surface area contributed by atoms with Crippen LogP contribution in [0.5, 0.6) is 0 Å². The van der Waals surface area contributed by atoms with E-state index in [9.17, 15) is 13.2 Å². The Morgan fingerprint density at radius 3 is 2.87 bits per heavy atom.